The Bertz CT molecular complexity index is 130. The van der Waals surface area contributed by atoms with Gasteiger partial charge in [0, 0.05) is 19.5 Å². The molecule has 3 nitrogen and oxygen atoms in total. The molecule has 1 aliphatic heterocycles. The van der Waals surface area contributed by atoms with Crippen LogP contribution in [0.25, 0.3) is 0 Å². The second kappa shape index (κ2) is 4.34. The number of hydrogen-bond acceptors (Lipinski definition) is 2. The molecule has 1 rings (SSSR count). The van der Waals surface area contributed by atoms with Gasteiger partial charge in [-0.2, -0.15) is 0 Å². The summed E-state index contributed by atoms with van der Waals surface area (Å²) in [6.45, 7) is 1.12. The van der Waals surface area contributed by atoms with Gasteiger partial charge >= 0.3 is 0 Å². The van der Waals surface area contributed by atoms with E-state index in [1.165, 1.54) is 12.8 Å². The van der Waals surface area contributed by atoms with Crippen LogP contribution in [0.3, 0.4) is 0 Å². The summed E-state index contributed by atoms with van der Waals surface area (Å²) in [6.07, 6.45) is 4.14. The summed E-state index contributed by atoms with van der Waals surface area (Å²) in [4.78, 5) is 10.8. The van der Waals surface area contributed by atoms with Gasteiger partial charge in [0.05, 0.1) is 0 Å². The van der Waals surface area contributed by atoms with Gasteiger partial charge in [0.15, 0.2) is 0 Å². The molecule has 0 saturated carbocycles. The van der Waals surface area contributed by atoms with Gasteiger partial charge in [-0.1, -0.05) is 0 Å². The zero-order valence-corrected chi connectivity index (χ0v) is 7.02. The lowest BCUT2D eigenvalue weighted by molar-refractivity contribution is -0.120. The number of nitrogens with one attached hydrogen (secondary N) is 2. The van der Waals surface area contributed by atoms with Crippen molar-refractivity contribution in [3.8, 4) is 0 Å². The highest BCUT2D eigenvalue weighted by atomic mass is 16.1. The minimum absolute atomic E-state index is 0.152. The van der Waals surface area contributed by atoms with Crippen LogP contribution in [0.5, 0.6) is 0 Å². The fourth-order valence-electron chi connectivity index (χ4n) is 1.43. The Morgan fingerprint density at radius 1 is 1.73 bits per heavy atom. The van der Waals surface area contributed by atoms with E-state index >= 15 is 0 Å². The van der Waals surface area contributed by atoms with E-state index in [0.29, 0.717) is 12.5 Å². The van der Waals surface area contributed by atoms with Gasteiger partial charge in [-0.3, -0.25) is 4.79 Å². The summed E-state index contributed by atoms with van der Waals surface area (Å²) >= 11 is 0. The van der Waals surface area contributed by atoms with E-state index in [1.54, 1.807) is 7.05 Å². The second-order valence-corrected chi connectivity index (χ2v) is 3.01. The molecule has 0 bridgehead atoms. The molecule has 11 heavy (non-hydrogen) atoms. The van der Waals surface area contributed by atoms with Crippen molar-refractivity contribution < 1.29 is 4.79 Å². The Labute approximate surface area is 67.5 Å². The van der Waals surface area contributed by atoms with E-state index in [-0.39, 0.29) is 5.91 Å². The SMILES string of the molecule is CNC(=O)CCC1CCCN1. The normalized spacial score (nSPS) is 23.5. The van der Waals surface area contributed by atoms with Crippen LogP contribution in [0.2, 0.25) is 0 Å². The molecule has 1 fully saturated rings. The lowest BCUT2D eigenvalue weighted by atomic mass is 10.1. The standard InChI is InChI=1S/C8H16N2O/c1-9-8(11)5-4-7-3-2-6-10-7/h7,10H,2-6H2,1H3,(H,9,11). The molecule has 3 heteroatoms. The molecule has 1 saturated heterocycles. The molecule has 0 aliphatic carbocycles. The van der Waals surface area contributed by atoms with Gasteiger partial charge in [-0.15, -0.1) is 0 Å². The van der Waals surface area contributed by atoms with Crippen molar-refractivity contribution in [2.45, 2.75) is 31.7 Å². The van der Waals surface area contributed by atoms with E-state index in [2.05, 4.69) is 10.6 Å². The van der Waals surface area contributed by atoms with Gasteiger partial charge in [-0.25, -0.2) is 0 Å². The quantitative estimate of drug-likeness (QED) is 0.615. The van der Waals surface area contributed by atoms with Crippen molar-refractivity contribution >= 4 is 5.91 Å². The van der Waals surface area contributed by atoms with Crippen LogP contribution in [0, 0.1) is 0 Å². The first kappa shape index (κ1) is 8.53. The van der Waals surface area contributed by atoms with E-state index in [4.69, 9.17) is 0 Å². The smallest absolute Gasteiger partial charge is 0.219 e. The molecule has 0 radical (unpaired) electrons. The van der Waals surface area contributed by atoms with Crippen molar-refractivity contribution in [3.05, 3.63) is 0 Å². The number of carbonyl (C=O) groups is 1. The van der Waals surface area contributed by atoms with Gasteiger partial charge in [0.1, 0.15) is 0 Å². The minimum atomic E-state index is 0.152. The summed E-state index contributed by atoms with van der Waals surface area (Å²) in [6, 6.07) is 0.590. The molecule has 1 unspecified atom stereocenters. The lowest BCUT2D eigenvalue weighted by Crippen LogP contribution is -2.25. The summed E-state index contributed by atoms with van der Waals surface area (Å²) in [5.74, 6) is 0.152. The molecule has 64 valence electrons. The predicted molar refractivity (Wildman–Crippen MR) is 44.3 cm³/mol. The van der Waals surface area contributed by atoms with Crippen LogP contribution in [0.15, 0.2) is 0 Å². The molecule has 0 aromatic heterocycles. The topological polar surface area (TPSA) is 41.1 Å². The molecule has 0 spiro atoms. The molecular weight excluding hydrogens is 140 g/mol. The Balaban J connectivity index is 2.06. The highest BCUT2D eigenvalue weighted by Crippen LogP contribution is 2.09. The minimum Gasteiger partial charge on any atom is -0.359 e. The molecule has 1 heterocycles. The fraction of sp³-hybridized carbons (Fsp3) is 0.875. The van der Waals surface area contributed by atoms with Crippen LogP contribution in [-0.4, -0.2) is 25.5 Å². The van der Waals surface area contributed by atoms with Gasteiger partial charge in [0.25, 0.3) is 0 Å². The van der Waals surface area contributed by atoms with Crippen molar-refractivity contribution in [2.75, 3.05) is 13.6 Å². The number of amides is 1. The van der Waals surface area contributed by atoms with Crippen LogP contribution < -0.4 is 10.6 Å². The van der Waals surface area contributed by atoms with E-state index in [9.17, 15) is 4.79 Å². The lowest BCUT2D eigenvalue weighted by Gasteiger charge is -2.07. The Hall–Kier alpha value is -0.570. The van der Waals surface area contributed by atoms with Gasteiger partial charge in [0.2, 0.25) is 5.91 Å². The van der Waals surface area contributed by atoms with Gasteiger partial charge in [-0.05, 0) is 25.8 Å². The average molecular weight is 156 g/mol. The monoisotopic (exact) mass is 156 g/mol. The maximum atomic E-state index is 10.8. The maximum Gasteiger partial charge on any atom is 0.219 e. The zero-order valence-electron chi connectivity index (χ0n) is 7.02. The number of carbonyl (C=O) groups excluding carboxylic acids is 1. The first-order valence-corrected chi connectivity index (χ1v) is 4.27. The van der Waals surface area contributed by atoms with Gasteiger partial charge < -0.3 is 10.6 Å². The van der Waals surface area contributed by atoms with Crippen molar-refractivity contribution in [3.63, 3.8) is 0 Å². The van der Waals surface area contributed by atoms with E-state index in [0.717, 1.165) is 13.0 Å². The van der Waals surface area contributed by atoms with Crippen LogP contribution in [0.4, 0.5) is 0 Å². The molecule has 0 aromatic rings. The second-order valence-electron chi connectivity index (χ2n) is 3.01. The Morgan fingerprint density at radius 3 is 3.09 bits per heavy atom. The average Bonchev–Trinajstić information content (AvgIpc) is 2.52. The Kier molecular flexibility index (Phi) is 3.36. The van der Waals surface area contributed by atoms with Crippen molar-refractivity contribution in [1.82, 2.24) is 10.6 Å². The van der Waals surface area contributed by atoms with Crippen LogP contribution in [-0.2, 0) is 4.79 Å². The molecule has 1 atom stereocenters. The largest absolute Gasteiger partial charge is 0.359 e. The van der Waals surface area contributed by atoms with Crippen LogP contribution in [0.1, 0.15) is 25.7 Å². The highest BCUT2D eigenvalue weighted by Gasteiger charge is 2.14. The van der Waals surface area contributed by atoms with E-state index in [1.807, 2.05) is 0 Å². The highest BCUT2D eigenvalue weighted by molar-refractivity contribution is 5.75. The number of hydrogen-bond donors (Lipinski definition) is 2. The fourth-order valence-corrected chi connectivity index (χ4v) is 1.43. The maximum absolute atomic E-state index is 10.8. The molecule has 0 aromatic carbocycles. The van der Waals surface area contributed by atoms with Crippen molar-refractivity contribution in [2.24, 2.45) is 0 Å². The molecule has 2 N–H and O–H groups in total. The number of rotatable bonds is 3. The summed E-state index contributed by atoms with van der Waals surface area (Å²) in [7, 11) is 1.68. The summed E-state index contributed by atoms with van der Waals surface area (Å²) in [5, 5.41) is 5.98. The summed E-state index contributed by atoms with van der Waals surface area (Å²) < 4.78 is 0. The molecule has 1 amide bonds. The molecule has 1 aliphatic rings. The van der Waals surface area contributed by atoms with Crippen molar-refractivity contribution in [1.29, 1.82) is 0 Å². The third-order valence-electron chi connectivity index (χ3n) is 2.16. The third kappa shape index (κ3) is 2.89. The van der Waals surface area contributed by atoms with Crippen LogP contribution >= 0.6 is 0 Å². The Morgan fingerprint density at radius 2 is 2.55 bits per heavy atom. The first-order chi connectivity index (χ1) is 5.33. The van der Waals surface area contributed by atoms with E-state index < -0.39 is 0 Å². The predicted octanol–water partition coefficient (Wildman–Crippen LogP) is 0.265. The molecular formula is C8H16N2O. The zero-order chi connectivity index (χ0) is 8.10. The summed E-state index contributed by atoms with van der Waals surface area (Å²) in [5.41, 5.74) is 0. The first-order valence-electron chi connectivity index (χ1n) is 4.27. The third-order valence-corrected chi connectivity index (χ3v) is 2.16.